The number of nitrogens with one attached hydrogen (secondary N) is 1. The van der Waals surface area contributed by atoms with Crippen molar-refractivity contribution in [3.8, 4) is 5.75 Å². The van der Waals surface area contributed by atoms with E-state index in [1.54, 1.807) is 7.11 Å². The van der Waals surface area contributed by atoms with Crippen LogP contribution >= 0.6 is 23.2 Å². The number of methoxy groups -OCH3 is 1. The summed E-state index contributed by atoms with van der Waals surface area (Å²) < 4.78 is 5.46. The summed E-state index contributed by atoms with van der Waals surface area (Å²) in [6.07, 6.45) is 4.36. The Labute approximate surface area is 210 Å². The van der Waals surface area contributed by atoms with Crippen LogP contribution in [0.2, 0.25) is 10.0 Å². The third kappa shape index (κ3) is 5.00. The first-order valence-corrected chi connectivity index (χ1v) is 12.3. The van der Waals surface area contributed by atoms with Crippen LogP contribution in [0.15, 0.2) is 72.9 Å². The second-order valence-electron chi connectivity index (χ2n) is 8.70. The van der Waals surface area contributed by atoms with Crippen LogP contribution in [0.5, 0.6) is 5.75 Å². The third-order valence-corrected chi connectivity index (χ3v) is 7.06. The molecule has 0 saturated carbocycles. The minimum Gasteiger partial charge on any atom is -0.497 e. The van der Waals surface area contributed by atoms with E-state index >= 15 is 0 Å². The van der Waals surface area contributed by atoms with E-state index in [-0.39, 0.29) is 6.04 Å². The van der Waals surface area contributed by atoms with Gasteiger partial charge in [-0.05, 0) is 85.1 Å². The molecular formula is C28H27Cl2N3O. The van der Waals surface area contributed by atoms with Gasteiger partial charge < -0.3 is 10.1 Å². The van der Waals surface area contributed by atoms with Crippen molar-refractivity contribution in [2.75, 3.05) is 25.5 Å². The standard InChI is InChI=1S/C28H27Cl2N3O/c1-34-23-10-11-26-24(17-23)27(12-13-31-26)32-28(19-6-8-22(29)9-7-19)20-4-5-21(25(30)16-20)18-33-14-2-3-15-33/h4-13,16-17,28H,2-3,14-15,18H2,1H3,(H,31,32). The van der Waals surface area contributed by atoms with Gasteiger partial charge in [0.25, 0.3) is 0 Å². The molecule has 1 aliphatic rings. The normalized spacial score (nSPS) is 14.9. The van der Waals surface area contributed by atoms with Crippen molar-refractivity contribution in [3.05, 3.63) is 99.7 Å². The van der Waals surface area contributed by atoms with Gasteiger partial charge in [-0.2, -0.15) is 0 Å². The summed E-state index contributed by atoms with van der Waals surface area (Å²) in [5.41, 5.74) is 5.23. The first-order valence-electron chi connectivity index (χ1n) is 11.6. The van der Waals surface area contributed by atoms with E-state index in [4.69, 9.17) is 27.9 Å². The molecule has 1 N–H and O–H groups in total. The summed E-state index contributed by atoms with van der Waals surface area (Å²) in [4.78, 5) is 6.98. The number of benzene rings is 3. The van der Waals surface area contributed by atoms with E-state index in [1.165, 1.54) is 18.4 Å². The lowest BCUT2D eigenvalue weighted by Crippen LogP contribution is -2.19. The second kappa shape index (κ2) is 10.2. The molecule has 4 nitrogen and oxygen atoms in total. The average molecular weight is 492 g/mol. The maximum atomic E-state index is 6.80. The van der Waals surface area contributed by atoms with Gasteiger partial charge in [-0.15, -0.1) is 0 Å². The molecule has 0 spiro atoms. The van der Waals surface area contributed by atoms with Crippen LogP contribution in [0.3, 0.4) is 0 Å². The van der Waals surface area contributed by atoms with Crippen molar-refractivity contribution >= 4 is 39.8 Å². The third-order valence-electron chi connectivity index (χ3n) is 6.45. The molecule has 0 radical (unpaired) electrons. The van der Waals surface area contributed by atoms with Crippen LogP contribution in [-0.2, 0) is 6.54 Å². The Morgan fingerprint density at radius 3 is 2.44 bits per heavy atom. The maximum absolute atomic E-state index is 6.80. The smallest absolute Gasteiger partial charge is 0.119 e. The predicted octanol–water partition coefficient (Wildman–Crippen LogP) is 7.35. The summed E-state index contributed by atoms with van der Waals surface area (Å²) in [6.45, 7) is 3.18. The van der Waals surface area contributed by atoms with Gasteiger partial charge in [0.2, 0.25) is 0 Å². The highest BCUT2D eigenvalue weighted by atomic mass is 35.5. The first-order chi connectivity index (χ1) is 16.6. The van der Waals surface area contributed by atoms with Gasteiger partial charge >= 0.3 is 0 Å². The van der Waals surface area contributed by atoms with Crippen molar-refractivity contribution in [1.29, 1.82) is 0 Å². The van der Waals surface area contributed by atoms with Crippen LogP contribution in [0.1, 0.15) is 35.6 Å². The van der Waals surface area contributed by atoms with E-state index in [2.05, 4.69) is 45.5 Å². The minimum absolute atomic E-state index is 0.118. The molecule has 174 valence electrons. The molecular weight excluding hydrogens is 465 g/mol. The molecule has 1 aliphatic heterocycles. The van der Waals surface area contributed by atoms with Crippen LogP contribution < -0.4 is 10.1 Å². The number of nitrogens with zero attached hydrogens (tertiary/aromatic N) is 2. The zero-order valence-electron chi connectivity index (χ0n) is 19.1. The Morgan fingerprint density at radius 1 is 0.941 bits per heavy atom. The summed E-state index contributed by atoms with van der Waals surface area (Å²) in [5, 5.41) is 6.24. The molecule has 5 rings (SSSR count). The molecule has 34 heavy (non-hydrogen) atoms. The largest absolute Gasteiger partial charge is 0.497 e. The molecule has 1 saturated heterocycles. The Bertz CT molecular complexity index is 1290. The molecule has 3 aromatic carbocycles. The number of ether oxygens (including phenoxy) is 1. The number of aromatic nitrogens is 1. The number of rotatable bonds is 7. The number of fused-ring (bicyclic) bond motifs is 1. The maximum Gasteiger partial charge on any atom is 0.119 e. The zero-order chi connectivity index (χ0) is 23.5. The Hall–Kier alpha value is -2.79. The van der Waals surface area contributed by atoms with Crippen molar-refractivity contribution < 1.29 is 4.74 Å². The van der Waals surface area contributed by atoms with Gasteiger partial charge in [0, 0.05) is 33.9 Å². The van der Waals surface area contributed by atoms with Crippen molar-refractivity contribution in [3.63, 3.8) is 0 Å². The molecule has 4 aromatic rings. The van der Waals surface area contributed by atoms with E-state index in [0.29, 0.717) is 5.02 Å². The average Bonchev–Trinajstić information content (AvgIpc) is 3.37. The van der Waals surface area contributed by atoms with Gasteiger partial charge in [-0.3, -0.25) is 9.88 Å². The highest BCUT2D eigenvalue weighted by Crippen LogP contribution is 2.34. The van der Waals surface area contributed by atoms with E-state index in [0.717, 1.165) is 58.1 Å². The number of hydrogen-bond donors (Lipinski definition) is 1. The SMILES string of the molecule is COc1ccc2nccc(NC(c3ccc(Cl)cc3)c3ccc(CN4CCCC4)c(Cl)c3)c2c1. The van der Waals surface area contributed by atoms with Crippen molar-refractivity contribution in [2.45, 2.75) is 25.4 Å². The Balaban J connectivity index is 1.52. The Kier molecular flexibility index (Phi) is 6.91. The summed E-state index contributed by atoms with van der Waals surface area (Å²) in [6, 6.07) is 22.1. The summed E-state index contributed by atoms with van der Waals surface area (Å²) in [7, 11) is 1.67. The lowest BCUT2D eigenvalue weighted by atomic mass is 9.96. The molecule has 0 bridgehead atoms. The number of pyridine rings is 1. The number of hydrogen-bond acceptors (Lipinski definition) is 4. The van der Waals surface area contributed by atoms with E-state index < -0.39 is 0 Å². The van der Waals surface area contributed by atoms with Crippen LogP contribution in [0.4, 0.5) is 5.69 Å². The molecule has 1 unspecified atom stereocenters. The molecule has 0 aliphatic carbocycles. The molecule has 1 fully saturated rings. The van der Waals surface area contributed by atoms with Crippen LogP contribution in [-0.4, -0.2) is 30.1 Å². The predicted molar refractivity (Wildman–Crippen MR) is 141 cm³/mol. The fourth-order valence-electron chi connectivity index (χ4n) is 4.60. The Morgan fingerprint density at radius 2 is 1.71 bits per heavy atom. The molecule has 0 amide bonds. The second-order valence-corrected chi connectivity index (χ2v) is 9.55. The highest BCUT2D eigenvalue weighted by Gasteiger charge is 2.19. The van der Waals surface area contributed by atoms with Gasteiger partial charge in [0.1, 0.15) is 5.75 Å². The van der Waals surface area contributed by atoms with Gasteiger partial charge in [-0.1, -0.05) is 47.5 Å². The summed E-state index contributed by atoms with van der Waals surface area (Å²) >= 11 is 13.0. The topological polar surface area (TPSA) is 37.4 Å². The fourth-order valence-corrected chi connectivity index (χ4v) is 4.98. The quantitative estimate of drug-likeness (QED) is 0.293. The van der Waals surface area contributed by atoms with Crippen LogP contribution in [0.25, 0.3) is 10.9 Å². The minimum atomic E-state index is -0.118. The number of anilines is 1. The number of likely N-dealkylation sites (tertiary alicyclic amines) is 1. The fraction of sp³-hybridized carbons (Fsp3) is 0.250. The van der Waals surface area contributed by atoms with Crippen molar-refractivity contribution in [2.24, 2.45) is 0 Å². The molecule has 1 atom stereocenters. The van der Waals surface area contributed by atoms with Crippen molar-refractivity contribution in [1.82, 2.24) is 9.88 Å². The first kappa shape index (κ1) is 23.0. The van der Waals surface area contributed by atoms with Crippen LogP contribution in [0, 0.1) is 0 Å². The molecule has 6 heteroatoms. The molecule has 2 heterocycles. The van der Waals surface area contributed by atoms with Gasteiger partial charge in [0.05, 0.1) is 18.7 Å². The summed E-state index contributed by atoms with van der Waals surface area (Å²) in [5.74, 6) is 0.793. The zero-order valence-corrected chi connectivity index (χ0v) is 20.6. The van der Waals surface area contributed by atoms with E-state index in [1.807, 2.05) is 42.6 Å². The van der Waals surface area contributed by atoms with Gasteiger partial charge in [0.15, 0.2) is 0 Å². The monoisotopic (exact) mass is 491 g/mol. The van der Waals surface area contributed by atoms with Gasteiger partial charge in [-0.25, -0.2) is 0 Å². The highest BCUT2D eigenvalue weighted by molar-refractivity contribution is 6.31. The van der Waals surface area contributed by atoms with E-state index in [9.17, 15) is 0 Å². The lowest BCUT2D eigenvalue weighted by Gasteiger charge is -2.23. The lowest BCUT2D eigenvalue weighted by molar-refractivity contribution is 0.331. The molecule has 1 aromatic heterocycles. The number of halogens is 2.